The summed E-state index contributed by atoms with van der Waals surface area (Å²) in [5.41, 5.74) is -1.27. The fourth-order valence-electron chi connectivity index (χ4n) is 7.04. The van der Waals surface area contributed by atoms with Crippen LogP contribution in [0.3, 0.4) is 0 Å². The van der Waals surface area contributed by atoms with Gasteiger partial charge in [0.05, 0.1) is 29.9 Å². The molecular formula is C45H48N4O15. The van der Waals surface area contributed by atoms with E-state index < -0.39 is 89.5 Å². The molecule has 4 heterocycles. The van der Waals surface area contributed by atoms with Crippen molar-refractivity contribution in [3.63, 3.8) is 0 Å². The lowest BCUT2D eigenvalue weighted by atomic mass is 10.0. The number of hydrogen-bond acceptors (Lipinski definition) is 15. The minimum absolute atomic E-state index is 0.184. The van der Waals surface area contributed by atoms with Crippen LogP contribution in [0.15, 0.2) is 123 Å². The first-order valence-corrected chi connectivity index (χ1v) is 20.5. The van der Waals surface area contributed by atoms with E-state index in [-0.39, 0.29) is 29.9 Å². The molecule has 0 spiro atoms. The van der Waals surface area contributed by atoms with Crippen molar-refractivity contribution >= 4 is 17.9 Å². The van der Waals surface area contributed by atoms with Gasteiger partial charge in [0.15, 0.2) is 30.8 Å². The molecule has 0 saturated carbocycles. The summed E-state index contributed by atoms with van der Waals surface area (Å²) in [5, 5.41) is 28.9. The highest BCUT2D eigenvalue weighted by Gasteiger charge is 2.49. The molecule has 5 aromatic rings. The molecule has 2 aromatic heterocycles. The summed E-state index contributed by atoms with van der Waals surface area (Å²) >= 11 is 0. The van der Waals surface area contributed by atoms with Crippen molar-refractivity contribution in [1.82, 2.24) is 19.1 Å². The molecule has 2 aliphatic heterocycles. The molecule has 0 aliphatic carbocycles. The van der Waals surface area contributed by atoms with E-state index in [9.17, 15) is 48.9 Å². The molecule has 8 atom stereocenters. The van der Waals surface area contributed by atoms with Crippen LogP contribution in [0.25, 0.3) is 0 Å². The van der Waals surface area contributed by atoms with Gasteiger partial charge in [-0.05, 0) is 49.2 Å². The van der Waals surface area contributed by atoms with Gasteiger partial charge in [0.2, 0.25) is 0 Å². The average Bonchev–Trinajstić information content (AvgIpc) is 3.30. The predicted molar refractivity (Wildman–Crippen MR) is 226 cm³/mol. The van der Waals surface area contributed by atoms with Gasteiger partial charge < -0.3 is 39.0 Å². The van der Waals surface area contributed by atoms with Crippen LogP contribution in [0.5, 0.6) is 0 Å². The quantitative estimate of drug-likeness (QED) is 0.0883. The second kappa shape index (κ2) is 21.5. The normalized spacial score (nSPS) is 22.9. The summed E-state index contributed by atoms with van der Waals surface area (Å²) < 4.78 is 30.9. The fourth-order valence-corrected chi connectivity index (χ4v) is 7.04. The number of carbonyl (C=O) groups excluding carboxylic acids is 3. The zero-order chi connectivity index (χ0) is 45.9. The zero-order valence-corrected chi connectivity index (χ0v) is 34.8. The van der Waals surface area contributed by atoms with Gasteiger partial charge in [-0.25, -0.2) is 24.0 Å². The number of ether oxygens (including phenoxy) is 5. The van der Waals surface area contributed by atoms with Crippen molar-refractivity contribution < 1.29 is 53.4 Å². The molecule has 0 amide bonds. The molecule has 64 heavy (non-hydrogen) atoms. The summed E-state index contributed by atoms with van der Waals surface area (Å²) in [6, 6.07) is 24.4. The van der Waals surface area contributed by atoms with E-state index in [2.05, 4.69) is 9.97 Å². The Hall–Kier alpha value is -6.77. The standard InChI is InChI=1S/C33H30N2O9.C12H18N2O6/c1-2-12-24-19-35(33(40)34-28(24)36)29-27(44-32(39)23-17-10-5-11-18-23)26(43-31(38)22-15-8-4-9-16-22)25(20-41-29)42-30(37)21-13-6-3-7-14-21;1-2-3-6-4-14(12(19)13-10(6)18)11-9(17)8(16)7(15)5-20-11/h3-11,13-19,25-27,29H,2,12,20H2,1H3,(H,34,36,40);4,7-9,11,15-17H,2-3,5H2,1H3,(H,13,18,19). The highest BCUT2D eigenvalue weighted by atomic mass is 16.6. The molecular weight excluding hydrogens is 837 g/mol. The molecule has 0 bridgehead atoms. The largest absolute Gasteiger partial charge is 0.452 e. The number of hydrogen-bond donors (Lipinski definition) is 5. The van der Waals surface area contributed by atoms with Crippen LogP contribution in [0, 0.1) is 0 Å². The zero-order valence-electron chi connectivity index (χ0n) is 34.8. The maximum absolute atomic E-state index is 13.4. The first-order chi connectivity index (χ1) is 30.8. The number of aromatic nitrogens is 4. The SMILES string of the molecule is CCCc1cn(C2OCC(O)C(O)C2O)c(=O)[nH]c1=O.CCCc1cn(C2OCC(OC(=O)c3ccccc3)C(OC(=O)c3ccccc3)C2OC(=O)c2ccccc2)c(=O)[nH]c1=O. The fraction of sp³-hybridized carbons (Fsp3) is 0.356. The molecule has 7 rings (SSSR count). The molecule has 8 unspecified atom stereocenters. The third-order valence-electron chi connectivity index (χ3n) is 10.3. The minimum Gasteiger partial charge on any atom is -0.452 e. The van der Waals surface area contributed by atoms with Gasteiger partial charge in [0.1, 0.15) is 18.3 Å². The number of aliphatic hydroxyl groups is 3. The van der Waals surface area contributed by atoms with Crippen molar-refractivity contribution in [3.8, 4) is 0 Å². The van der Waals surface area contributed by atoms with Crippen molar-refractivity contribution in [2.24, 2.45) is 0 Å². The third kappa shape index (κ3) is 11.1. The van der Waals surface area contributed by atoms with Crippen LogP contribution in [0.2, 0.25) is 0 Å². The van der Waals surface area contributed by atoms with E-state index in [0.717, 1.165) is 15.6 Å². The van der Waals surface area contributed by atoms with Gasteiger partial charge in [-0.1, -0.05) is 81.3 Å². The average molecular weight is 885 g/mol. The number of esters is 3. The number of aromatic amines is 2. The molecule has 338 valence electrons. The van der Waals surface area contributed by atoms with E-state index in [4.69, 9.17) is 23.7 Å². The van der Waals surface area contributed by atoms with Gasteiger partial charge in [0.25, 0.3) is 11.1 Å². The van der Waals surface area contributed by atoms with Crippen molar-refractivity contribution in [3.05, 3.63) is 173 Å². The Balaban J connectivity index is 0.000000284. The number of H-pyrrole nitrogens is 2. The molecule has 19 nitrogen and oxygen atoms in total. The summed E-state index contributed by atoms with van der Waals surface area (Å²) in [6.07, 6.45) is -5.91. The molecule has 0 radical (unpaired) electrons. The number of nitrogens with zero attached hydrogens (tertiary/aromatic N) is 2. The second-order valence-corrected chi connectivity index (χ2v) is 14.9. The molecule has 5 N–H and O–H groups in total. The number of rotatable bonds is 12. The number of carbonyl (C=O) groups is 3. The van der Waals surface area contributed by atoms with Crippen molar-refractivity contribution in [2.45, 2.75) is 88.6 Å². The van der Waals surface area contributed by atoms with Crippen LogP contribution < -0.4 is 22.5 Å². The first-order valence-electron chi connectivity index (χ1n) is 20.5. The van der Waals surface area contributed by atoms with E-state index >= 15 is 0 Å². The number of benzene rings is 3. The van der Waals surface area contributed by atoms with Crippen LogP contribution in [0.4, 0.5) is 0 Å². The highest BCUT2D eigenvalue weighted by Crippen LogP contribution is 2.32. The number of nitrogens with one attached hydrogen (secondary N) is 2. The molecule has 19 heteroatoms. The summed E-state index contributed by atoms with van der Waals surface area (Å²) in [5.74, 6) is -2.30. The molecule has 2 fully saturated rings. The van der Waals surface area contributed by atoms with E-state index in [0.29, 0.717) is 30.4 Å². The minimum atomic E-state index is -1.49. The lowest BCUT2D eigenvalue weighted by Gasteiger charge is -2.41. The van der Waals surface area contributed by atoms with Gasteiger partial charge in [-0.3, -0.25) is 28.7 Å². The van der Waals surface area contributed by atoms with Gasteiger partial charge in [-0.2, -0.15) is 0 Å². The Morgan fingerprint density at radius 1 is 0.578 bits per heavy atom. The maximum Gasteiger partial charge on any atom is 0.338 e. The Morgan fingerprint density at radius 3 is 1.44 bits per heavy atom. The van der Waals surface area contributed by atoms with E-state index in [1.807, 2.05) is 13.8 Å². The summed E-state index contributed by atoms with van der Waals surface area (Å²) in [6.45, 7) is 3.23. The smallest absolute Gasteiger partial charge is 0.338 e. The van der Waals surface area contributed by atoms with Crippen molar-refractivity contribution in [2.75, 3.05) is 13.2 Å². The monoisotopic (exact) mass is 884 g/mol. The lowest BCUT2D eigenvalue weighted by Crippen LogP contribution is -2.57. The molecule has 2 aliphatic rings. The van der Waals surface area contributed by atoms with Gasteiger partial charge >= 0.3 is 29.3 Å². The Labute approximate surface area is 364 Å². The van der Waals surface area contributed by atoms with Gasteiger partial charge in [0, 0.05) is 23.5 Å². The van der Waals surface area contributed by atoms with Crippen LogP contribution in [-0.4, -0.2) is 102 Å². The van der Waals surface area contributed by atoms with Gasteiger partial charge in [-0.15, -0.1) is 0 Å². The topological polar surface area (TPSA) is 268 Å². The van der Waals surface area contributed by atoms with E-state index in [1.54, 1.807) is 78.9 Å². The summed E-state index contributed by atoms with van der Waals surface area (Å²) in [4.78, 5) is 93.2. The third-order valence-corrected chi connectivity index (χ3v) is 10.3. The second-order valence-electron chi connectivity index (χ2n) is 14.9. The number of aryl methyl sites for hydroxylation is 2. The first kappa shape index (κ1) is 46.7. The lowest BCUT2D eigenvalue weighted by molar-refractivity contribution is -0.213. The Morgan fingerprint density at radius 2 is 0.984 bits per heavy atom. The highest BCUT2D eigenvalue weighted by molar-refractivity contribution is 5.91. The van der Waals surface area contributed by atoms with E-state index in [1.165, 1.54) is 24.5 Å². The van der Waals surface area contributed by atoms with Crippen LogP contribution in [0.1, 0.15) is 81.3 Å². The molecule has 2 saturated heterocycles. The van der Waals surface area contributed by atoms with Crippen LogP contribution >= 0.6 is 0 Å². The Kier molecular flexibility index (Phi) is 15.7. The number of aliphatic hydroxyl groups excluding tert-OH is 3. The molecule has 3 aromatic carbocycles. The summed E-state index contributed by atoms with van der Waals surface area (Å²) in [7, 11) is 0. The maximum atomic E-state index is 13.4. The predicted octanol–water partition coefficient (Wildman–Crippen LogP) is 1.80. The Bertz CT molecular complexity index is 2610. The van der Waals surface area contributed by atoms with Crippen LogP contribution in [-0.2, 0) is 36.5 Å². The van der Waals surface area contributed by atoms with Crippen molar-refractivity contribution in [1.29, 1.82) is 0 Å².